The number of nitrogens with zero attached hydrogens (tertiary/aromatic N) is 3. The molecule has 2 aliphatic rings. The molecule has 9 nitrogen and oxygen atoms in total. The van der Waals surface area contributed by atoms with Crippen molar-refractivity contribution in [3.8, 4) is 17.0 Å². The molecular formula is C26H29F2N5O4. The van der Waals surface area contributed by atoms with Gasteiger partial charge < -0.3 is 25.0 Å². The molecule has 1 saturated heterocycles. The quantitative estimate of drug-likeness (QED) is 0.425. The van der Waals surface area contributed by atoms with Gasteiger partial charge in [0.1, 0.15) is 29.9 Å². The molecule has 0 spiro atoms. The fourth-order valence-electron chi connectivity index (χ4n) is 4.79. The van der Waals surface area contributed by atoms with Gasteiger partial charge >= 0.3 is 0 Å². The Morgan fingerprint density at radius 2 is 2.05 bits per heavy atom. The van der Waals surface area contributed by atoms with E-state index in [0.29, 0.717) is 64.9 Å². The third kappa shape index (κ3) is 5.00. The summed E-state index contributed by atoms with van der Waals surface area (Å²) in [5, 5.41) is 12.1. The second-order valence-corrected chi connectivity index (χ2v) is 9.90. The first-order valence-electron chi connectivity index (χ1n) is 12.3. The lowest BCUT2D eigenvalue weighted by Crippen LogP contribution is -2.41. The molecule has 2 amide bonds. The molecule has 37 heavy (non-hydrogen) atoms. The molecule has 11 heteroatoms. The molecule has 1 saturated carbocycles. The van der Waals surface area contributed by atoms with Crippen molar-refractivity contribution in [1.29, 1.82) is 0 Å². The number of aromatic nitrogens is 3. The monoisotopic (exact) mass is 513 g/mol. The van der Waals surface area contributed by atoms with Crippen LogP contribution in [0.4, 0.5) is 8.78 Å². The predicted molar refractivity (Wildman–Crippen MR) is 131 cm³/mol. The lowest BCUT2D eigenvalue weighted by molar-refractivity contribution is -0.133. The largest absolute Gasteiger partial charge is 0.493 e. The van der Waals surface area contributed by atoms with E-state index in [9.17, 15) is 18.4 Å². The average molecular weight is 514 g/mol. The van der Waals surface area contributed by atoms with Crippen LogP contribution in [0.2, 0.25) is 0 Å². The van der Waals surface area contributed by atoms with E-state index in [4.69, 9.17) is 9.84 Å². The number of carbonyl (C=O) groups is 2. The highest BCUT2D eigenvalue weighted by molar-refractivity contribution is 6.09. The number of benzene rings is 1. The first-order chi connectivity index (χ1) is 17.8. The van der Waals surface area contributed by atoms with Crippen molar-refractivity contribution >= 4 is 22.8 Å². The van der Waals surface area contributed by atoms with Crippen LogP contribution in [0.1, 0.15) is 47.8 Å². The SMILES string of the molecule is Cc1[nH]c2c(-c3cc(C(F)F)ccc3OCC3CC3)ncnc2c1C(=O)NC1CN(C(=O)CO)CC1C. The molecule has 1 aromatic carbocycles. The number of carbonyl (C=O) groups excluding carboxylic acids is 2. The van der Waals surface area contributed by atoms with Gasteiger partial charge in [-0.3, -0.25) is 9.59 Å². The minimum absolute atomic E-state index is 0.00147. The number of ether oxygens (including phenoxy) is 1. The summed E-state index contributed by atoms with van der Waals surface area (Å²) < 4.78 is 33.1. The Morgan fingerprint density at radius 1 is 1.27 bits per heavy atom. The molecule has 2 atom stereocenters. The number of amides is 2. The van der Waals surface area contributed by atoms with E-state index in [1.54, 1.807) is 6.92 Å². The van der Waals surface area contributed by atoms with Crippen molar-refractivity contribution in [3.05, 3.63) is 41.3 Å². The summed E-state index contributed by atoms with van der Waals surface area (Å²) in [5.74, 6) is 0.170. The molecule has 2 unspecified atom stereocenters. The third-order valence-electron chi connectivity index (χ3n) is 7.10. The summed E-state index contributed by atoms with van der Waals surface area (Å²) in [6.45, 7) is 4.33. The average Bonchev–Trinajstić information content (AvgIpc) is 3.55. The molecule has 5 rings (SSSR count). The second-order valence-electron chi connectivity index (χ2n) is 9.90. The normalized spacial score (nSPS) is 19.6. The van der Waals surface area contributed by atoms with Gasteiger partial charge in [0.05, 0.1) is 23.7 Å². The van der Waals surface area contributed by atoms with Crippen molar-refractivity contribution in [3.63, 3.8) is 0 Å². The maximum atomic E-state index is 13.6. The van der Waals surface area contributed by atoms with Crippen LogP contribution in [0.15, 0.2) is 24.5 Å². The number of H-pyrrole nitrogens is 1. The minimum atomic E-state index is -2.66. The van der Waals surface area contributed by atoms with Crippen LogP contribution in [-0.4, -0.2) is 69.1 Å². The molecule has 2 aromatic heterocycles. The molecule has 3 N–H and O–H groups in total. The van der Waals surface area contributed by atoms with E-state index in [-0.39, 0.29) is 29.3 Å². The molecule has 1 aliphatic heterocycles. The first-order valence-corrected chi connectivity index (χ1v) is 12.3. The van der Waals surface area contributed by atoms with Gasteiger partial charge in [-0.25, -0.2) is 18.7 Å². The van der Waals surface area contributed by atoms with Crippen LogP contribution in [0.25, 0.3) is 22.3 Å². The Kier molecular flexibility index (Phi) is 6.80. The summed E-state index contributed by atoms with van der Waals surface area (Å²) in [6, 6.07) is 3.97. The van der Waals surface area contributed by atoms with Gasteiger partial charge in [-0.15, -0.1) is 0 Å². The summed E-state index contributed by atoms with van der Waals surface area (Å²) >= 11 is 0. The van der Waals surface area contributed by atoms with E-state index in [0.717, 1.165) is 12.8 Å². The Labute approximate surface area is 212 Å². The van der Waals surface area contributed by atoms with Gasteiger partial charge in [0, 0.05) is 29.9 Å². The van der Waals surface area contributed by atoms with Gasteiger partial charge in [0.25, 0.3) is 12.3 Å². The van der Waals surface area contributed by atoms with Crippen molar-refractivity contribution < 1.29 is 28.2 Å². The highest BCUT2D eigenvalue weighted by atomic mass is 19.3. The number of likely N-dealkylation sites (tertiary alicyclic amines) is 1. The Morgan fingerprint density at radius 3 is 2.76 bits per heavy atom. The van der Waals surface area contributed by atoms with E-state index in [1.165, 1.54) is 29.4 Å². The summed E-state index contributed by atoms with van der Waals surface area (Å²) in [6.07, 6.45) is 0.816. The highest BCUT2D eigenvalue weighted by Gasteiger charge is 2.34. The number of alkyl halides is 2. The topological polar surface area (TPSA) is 120 Å². The number of aliphatic hydroxyl groups is 1. The van der Waals surface area contributed by atoms with Gasteiger partial charge in [-0.1, -0.05) is 6.92 Å². The molecule has 3 aromatic rings. The Bertz CT molecular complexity index is 1340. The number of hydrogen-bond acceptors (Lipinski definition) is 6. The summed E-state index contributed by atoms with van der Waals surface area (Å²) in [7, 11) is 0. The van der Waals surface area contributed by atoms with Crippen molar-refractivity contribution in [1.82, 2.24) is 25.2 Å². The lowest BCUT2D eigenvalue weighted by atomic mass is 10.0. The zero-order valence-corrected chi connectivity index (χ0v) is 20.6. The van der Waals surface area contributed by atoms with Crippen LogP contribution >= 0.6 is 0 Å². The Hall–Kier alpha value is -3.60. The number of fused-ring (bicyclic) bond motifs is 1. The number of nitrogens with one attached hydrogen (secondary N) is 2. The van der Waals surface area contributed by atoms with E-state index >= 15 is 0 Å². The number of halogens is 2. The van der Waals surface area contributed by atoms with Gasteiger partial charge in [-0.2, -0.15) is 0 Å². The highest BCUT2D eigenvalue weighted by Crippen LogP contribution is 2.38. The summed E-state index contributed by atoms with van der Waals surface area (Å²) in [4.78, 5) is 38.7. The van der Waals surface area contributed by atoms with E-state index in [2.05, 4.69) is 20.3 Å². The maximum absolute atomic E-state index is 13.6. The zero-order valence-electron chi connectivity index (χ0n) is 20.6. The van der Waals surface area contributed by atoms with Crippen molar-refractivity contribution in [2.24, 2.45) is 11.8 Å². The fourth-order valence-corrected chi connectivity index (χ4v) is 4.79. The first kappa shape index (κ1) is 25.1. The molecular weight excluding hydrogens is 484 g/mol. The maximum Gasteiger partial charge on any atom is 0.263 e. The molecule has 0 bridgehead atoms. The number of aliphatic hydroxyl groups excluding tert-OH is 1. The minimum Gasteiger partial charge on any atom is -0.493 e. The predicted octanol–water partition coefficient (Wildman–Crippen LogP) is 3.23. The fraction of sp³-hybridized carbons (Fsp3) is 0.462. The van der Waals surface area contributed by atoms with Crippen LogP contribution in [0, 0.1) is 18.8 Å². The molecule has 1 aliphatic carbocycles. The van der Waals surface area contributed by atoms with Crippen molar-refractivity contribution in [2.45, 2.75) is 39.2 Å². The van der Waals surface area contributed by atoms with Crippen LogP contribution < -0.4 is 10.1 Å². The molecule has 3 heterocycles. The molecule has 196 valence electrons. The van der Waals surface area contributed by atoms with E-state index < -0.39 is 13.0 Å². The number of rotatable bonds is 8. The van der Waals surface area contributed by atoms with E-state index in [1.807, 2.05) is 6.92 Å². The van der Waals surface area contributed by atoms with Crippen molar-refractivity contribution in [2.75, 3.05) is 26.3 Å². The van der Waals surface area contributed by atoms with Gasteiger partial charge in [0.2, 0.25) is 5.91 Å². The van der Waals surface area contributed by atoms with Gasteiger partial charge in [-0.05, 0) is 49.8 Å². The Balaban J connectivity index is 1.48. The lowest BCUT2D eigenvalue weighted by Gasteiger charge is -2.17. The third-order valence-corrected chi connectivity index (χ3v) is 7.10. The number of aromatic amines is 1. The standard InChI is InChI=1S/C26H29F2N5O4/c1-13-8-33(20(35)10-34)9-18(13)32-26(36)21-14(2)31-24-22(29-12-30-23(21)24)17-7-16(25(27)28)5-6-19(17)37-11-15-3-4-15/h5-7,12-13,15,18,25,31,34H,3-4,8-11H2,1-2H3,(H,32,36). The zero-order chi connectivity index (χ0) is 26.3. The number of aryl methyl sites for hydroxylation is 1. The number of hydrogen-bond donors (Lipinski definition) is 3. The van der Waals surface area contributed by atoms with Crippen LogP contribution in [0.5, 0.6) is 5.75 Å². The van der Waals surface area contributed by atoms with Gasteiger partial charge in [0.15, 0.2) is 0 Å². The van der Waals surface area contributed by atoms with Crippen LogP contribution in [0.3, 0.4) is 0 Å². The second kappa shape index (κ2) is 10.0. The summed E-state index contributed by atoms with van der Waals surface area (Å²) in [5.41, 5.74) is 2.31. The smallest absolute Gasteiger partial charge is 0.263 e. The molecule has 2 fully saturated rings. The molecule has 0 radical (unpaired) electrons. The van der Waals surface area contributed by atoms with Crippen LogP contribution in [-0.2, 0) is 4.79 Å².